The lowest BCUT2D eigenvalue weighted by atomic mass is 10.1. The number of aryl methyl sites for hydroxylation is 1. The van der Waals surface area contributed by atoms with E-state index in [0.717, 1.165) is 11.4 Å². The van der Waals surface area contributed by atoms with Gasteiger partial charge in [0.15, 0.2) is 5.78 Å². The lowest BCUT2D eigenvalue weighted by Crippen LogP contribution is -2.15. The Morgan fingerprint density at radius 3 is 2.31 bits per heavy atom. The van der Waals surface area contributed by atoms with E-state index in [1.54, 1.807) is 35.0 Å². The van der Waals surface area contributed by atoms with E-state index in [1.807, 2.05) is 6.92 Å². The van der Waals surface area contributed by atoms with Crippen LogP contribution in [-0.4, -0.2) is 15.3 Å². The minimum atomic E-state index is -0.173. The summed E-state index contributed by atoms with van der Waals surface area (Å²) in [5, 5.41) is 0. The Hall–Kier alpha value is -2.10. The number of benzene rings is 1. The number of ketones is 1. The molecule has 0 saturated carbocycles. The van der Waals surface area contributed by atoms with Gasteiger partial charge in [0.05, 0.1) is 5.69 Å². The molecule has 0 bridgehead atoms. The van der Waals surface area contributed by atoms with Crippen LogP contribution in [0.3, 0.4) is 0 Å². The van der Waals surface area contributed by atoms with E-state index in [-0.39, 0.29) is 11.5 Å². The van der Waals surface area contributed by atoms with Gasteiger partial charge in [-0.15, -0.1) is 0 Å². The van der Waals surface area contributed by atoms with Crippen molar-refractivity contribution in [2.24, 2.45) is 0 Å². The molecule has 0 radical (unpaired) electrons. The molecular weight excluding hydrogens is 204 g/mol. The summed E-state index contributed by atoms with van der Waals surface area (Å²) in [4.78, 5) is 25.2. The fourth-order valence-electron chi connectivity index (χ4n) is 1.62. The molecule has 4 heteroatoms. The van der Waals surface area contributed by atoms with Crippen LogP contribution >= 0.6 is 0 Å². The smallest absolute Gasteiger partial charge is 0.312 e. The number of imidazole rings is 1. The molecule has 0 atom stereocenters. The molecule has 0 unspecified atom stereocenters. The van der Waals surface area contributed by atoms with E-state index < -0.39 is 0 Å². The van der Waals surface area contributed by atoms with Gasteiger partial charge in [0.2, 0.25) is 0 Å². The highest BCUT2D eigenvalue weighted by Crippen LogP contribution is 2.10. The number of H-pyrrole nitrogens is 1. The largest absolute Gasteiger partial charge is 0.330 e. The molecule has 1 heterocycles. The molecule has 1 N–H and O–H groups in total. The van der Waals surface area contributed by atoms with Crippen LogP contribution in [0.15, 0.2) is 35.3 Å². The molecule has 4 nitrogen and oxygen atoms in total. The summed E-state index contributed by atoms with van der Waals surface area (Å²) in [6.07, 6.45) is 1.65. The Morgan fingerprint density at radius 1 is 1.25 bits per heavy atom. The zero-order valence-corrected chi connectivity index (χ0v) is 9.15. The molecule has 0 spiro atoms. The van der Waals surface area contributed by atoms with Crippen LogP contribution in [-0.2, 0) is 0 Å². The van der Waals surface area contributed by atoms with Gasteiger partial charge in [-0.2, -0.15) is 0 Å². The van der Waals surface area contributed by atoms with E-state index in [1.165, 1.54) is 6.92 Å². The van der Waals surface area contributed by atoms with Gasteiger partial charge >= 0.3 is 5.69 Å². The third kappa shape index (κ3) is 1.69. The van der Waals surface area contributed by atoms with Crippen LogP contribution in [0.2, 0.25) is 0 Å². The molecule has 0 aliphatic rings. The Balaban J connectivity index is 2.50. The van der Waals surface area contributed by atoms with Gasteiger partial charge < -0.3 is 4.98 Å². The average Bonchev–Trinajstić information content (AvgIpc) is 2.59. The van der Waals surface area contributed by atoms with Crippen LogP contribution in [0.1, 0.15) is 23.0 Å². The number of hydrogen-bond donors (Lipinski definition) is 1. The van der Waals surface area contributed by atoms with E-state index in [0.29, 0.717) is 5.56 Å². The van der Waals surface area contributed by atoms with Gasteiger partial charge in [-0.3, -0.25) is 9.36 Å². The summed E-state index contributed by atoms with van der Waals surface area (Å²) in [5.41, 5.74) is 2.06. The van der Waals surface area contributed by atoms with Gasteiger partial charge in [0, 0.05) is 17.5 Å². The Bertz CT molecular complexity index is 576. The molecule has 2 aromatic rings. The second-order valence-corrected chi connectivity index (χ2v) is 3.67. The first-order chi connectivity index (χ1) is 7.59. The summed E-state index contributed by atoms with van der Waals surface area (Å²) in [5.74, 6) is 0.0182. The predicted octanol–water partition coefficient (Wildman–Crippen LogP) is 1.68. The van der Waals surface area contributed by atoms with Crippen LogP contribution < -0.4 is 5.69 Å². The number of Topliss-reactive ketones (excluding diaryl/α,β-unsaturated/α-hetero) is 1. The van der Waals surface area contributed by atoms with E-state index in [9.17, 15) is 9.59 Å². The number of aromatic nitrogens is 2. The van der Waals surface area contributed by atoms with Crippen molar-refractivity contribution in [3.63, 3.8) is 0 Å². The predicted molar refractivity (Wildman–Crippen MR) is 61.1 cm³/mol. The zero-order valence-electron chi connectivity index (χ0n) is 9.15. The topological polar surface area (TPSA) is 54.9 Å². The van der Waals surface area contributed by atoms with E-state index >= 15 is 0 Å². The maximum atomic E-state index is 11.5. The highest BCUT2D eigenvalue weighted by atomic mass is 16.1. The molecule has 1 aromatic heterocycles. The second-order valence-electron chi connectivity index (χ2n) is 3.67. The highest BCUT2D eigenvalue weighted by molar-refractivity contribution is 5.94. The Labute approximate surface area is 92.5 Å². The number of rotatable bonds is 2. The number of carbonyl (C=O) groups excluding carboxylic acids is 1. The standard InChI is InChI=1S/C12H12N2O2/c1-8-7-13-12(16)14(8)11-5-3-10(4-6-11)9(2)15/h3-7H,1-2H3,(H,13,16). The van der Waals surface area contributed by atoms with Crippen molar-refractivity contribution in [2.45, 2.75) is 13.8 Å². The van der Waals surface area contributed by atoms with Crippen LogP contribution in [0, 0.1) is 6.92 Å². The van der Waals surface area contributed by atoms with Gasteiger partial charge in [0.1, 0.15) is 0 Å². The van der Waals surface area contributed by atoms with Crippen LogP contribution in [0.25, 0.3) is 5.69 Å². The summed E-state index contributed by atoms with van der Waals surface area (Å²) in [6, 6.07) is 6.96. The van der Waals surface area contributed by atoms with Crippen molar-refractivity contribution in [1.82, 2.24) is 9.55 Å². The molecule has 0 fully saturated rings. The fourth-order valence-corrected chi connectivity index (χ4v) is 1.62. The molecular formula is C12H12N2O2. The minimum absolute atomic E-state index is 0.0182. The van der Waals surface area contributed by atoms with Crippen LogP contribution in [0.4, 0.5) is 0 Å². The molecule has 0 saturated heterocycles. The number of nitrogens with one attached hydrogen (secondary N) is 1. The lowest BCUT2D eigenvalue weighted by molar-refractivity contribution is 0.101. The number of carbonyl (C=O) groups is 1. The maximum Gasteiger partial charge on any atom is 0.330 e. The molecule has 0 amide bonds. The first-order valence-electron chi connectivity index (χ1n) is 4.98. The maximum absolute atomic E-state index is 11.5. The normalized spacial score (nSPS) is 10.4. The number of nitrogens with zero attached hydrogens (tertiary/aromatic N) is 1. The van der Waals surface area contributed by atoms with E-state index in [4.69, 9.17) is 0 Å². The monoisotopic (exact) mass is 216 g/mol. The van der Waals surface area contributed by atoms with Crippen molar-refractivity contribution in [3.8, 4) is 5.69 Å². The average molecular weight is 216 g/mol. The number of hydrogen-bond acceptors (Lipinski definition) is 2. The van der Waals surface area contributed by atoms with Crippen molar-refractivity contribution >= 4 is 5.78 Å². The molecule has 16 heavy (non-hydrogen) atoms. The van der Waals surface area contributed by atoms with Gasteiger partial charge in [-0.25, -0.2) is 4.79 Å². The van der Waals surface area contributed by atoms with Crippen molar-refractivity contribution < 1.29 is 4.79 Å². The van der Waals surface area contributed by atoms with Crippen LogP contribution in [0.5, 0.6) is 0 Å². The SMILES string of the molecule is CC(=O)c1ccc(-n2c(C)c[nH]c2=O)cc1. The zero-order chi connectivity index (χ0) is 11.7. The Morgan fingerprint density at radius 2 is 1.88 bits per heavy atom. The van der Waals surface area contributed by atoms with Gasteiger partial charge in [0.25, 0.3) is 0 Å². The van der Waals surface area contributed by atoms with Crippen molar-refractivity contribution in [1.29, 1.82) is 0 Å². The summed E-state index contributed by atoms with van der Waals surface area (Å²) < 4.78 is 1.56. The minimum Gasteiger partial charge on any atom is -0.312 e. The summed E-state index contributed by atoms with van der Waals surface area (Å²) >= 11 is 0. The summed E-state index contributed by atoms with van der Waals surface area (Å²) in [6.45, 7) is 3.36. The number of aromatic amines is 1. The second kappa shape index (κ2) is 3.81. The molecule has 0 aliphatic carbocycles. The molecule has 2 rings (SSSR count). The first-order valence-corrected chi connectivity index (χ1v) is 4.98. The van der Waals surface area contributed by atoms with Gasteiger partial charge in [-0.05, 0) is 38.1 Å². The quantitative estimate of drug-likeness (QED) is 0.776. The molecule has 1 aromatic carbocycles. The molecule has 0 aliphatic heterocycles. The third-order valence-corrected chi connectivity index (χ3v) is 2.49. The summed E-state index contributed by atoms with van der Waals surface area (Å²) in [7, 11) is 0. The Kier molecular flexibility index (Phi) is 2.48. The van der Waals surface area contributed by atoms with E-state index in [2.05, 4.69) is 4.98 Å². The van der Waals surface area contributed by atoms with Gasteiger partial charge in [-0.1, -0.05) is 0 Å². The first kappa shape index (κ1) is 10.4. The lowest BCUT2D eigenvalue weighted by Gasteiger charge is -2.04. The van der Waals surface area contributed by atoms with Crippen molar-refractivity contribution in [3.05, 3.63) is 52.2 Å². The van der Waals surface area contributed by atoms with Crippen molar-refractivity contribution in [2.75, 3.05) is 0 Å². The third-order valence-electron chi connectivity index (χ3n) is 2.49. The highest BCUT2D eigenvalue weighted by Gasteiger charge is 2.05. The molecule has 82 valence electrons. The fraction of sp³-hybridized carbons (Fsp3) is 0.167.